The number of aliphatic hydroxyl groups excluding tert-OH is 2. The van der Waals surface area contributed by atoms with E-state index >= 15 is 0 Å². The molecule has 1 fully saturated rings. The van der Waals surface area contributed by atoms with Gasteiger partial charge >= 0.3 is 0 Å². The molecule has 0 radical (unpaired) electrons. The highest BCUT2D eigenvalue weighted by molar-refractivity contribution is 5.85. The van der Waals surface area contributed by atoms with Crippen molar-refractivity contribution in [3.05, 3.63) is 54.1 Å². The van der Waals surface area contributed by atoms with E-state index in [-0.39, 0.29) is 19.3 Å². The van der Waals surface area contributed by atoms with Gasteiger partial charge in [-0.1, -0.05) is 6.08 Å². The van der Waals surface area contributed by atoms with Gasteiger partial charge in [0.15, 0.2) is 0 Å². The summed E-state index contributed by atoms with van der Waals surface area (Å²) in [6.07, 6.45) is 12.2. The quantitative estimate of drug-likeness (QED) is 0.495. The molecule has 0 aliphatic carbocycles. The zero-order valence-electron chi connectivity index (χ0n) is 22.4. The first kappa shape index (κ1) is 31.7. The van der Waals surface area contributed by atoms with Gasteiger partial charge in [0, 0.05) is 62.6 Å². The summed E-state index contributed by atoms with van der Waals surface area (Å²) in [4.78, 5) is 23.0. The highest BCUT2D eigenvalue weighted by Gasteiger charge is 2.19. The maximum Gasteiger partial charge on any atom is 0.290 e. The molecule has 4 rings (SSSR count). The third-order valence-corrected chi connectivity index (χ3v) is 6.04. The second kappa shape index (κ2) is 17.2. The van der Waals surface area contributed by atoms with E-state index in [1.165, 1.54) is 16.6 Å². The number of hydrogen-bond donors (Lipinski definition) is 3. The number of carboxylic acid groups (broad SMARTS) is 1. The Morgan fingerprint density at radius 1 is 1.22 bits per heavy atom. The van der Waals surface area contributed by atoms with Crippen LogP contribution in [0.4, 0.5) is 0 Å². The number of allylic oxidation sites excluding steroid dienone is 1. The average molecular weight is 519 g/mol. The second-order valence-corrected chi connectivity index (χ2v) is 8.90. The molecule has 1 aromatic heterocycles. The van der Waals surface area contributed by atoms with Crippen LogP contribution in [0.5, 0.6) is 5.75 Å². The first-order chi connectivity index (χ1) is 17.8. The maximum atomic E-state index is 9.41. The van der Waals surface area contributed by atoms with Crippen LogP contribution < -0.4 is 4.74 Å². The molecule has 206 valence electrons. The number of methoxy groups -OCH3 is 1. The molecule has 2 aliphatic heterocycles. The number of nitrogens with zero attached hydrogens (tertiary/aromatic N) is 4. The first-order valence-corrected chi connectivity index (χ1v) is 12.1. The molecule has 0 saturated carbocycles. The summed E-state index contributed by atoms with van der Waals surface area (Å²) in [5.74, 6) is 0.814. The van der Waals surface area contributed by atoms with Gasteiger partial charge in [0.25, 0.3) is 6.47 Å². The van der Waals surface area contributed by atoms with Gasteiger partial charge in [-0.15, -0.1) is 0 Å². The average Bonchev–Trinajstić information content (AvgIpc) is 3.27. The van der Waals surface area contributed by atoms with Crippen molar-refractivity contribution in [2.24, 2.45) is 0 Å². The second-order valence-electron chi connectivity index (χ2n) is 8.90. The predicted molar refractivity (Wildman–Crippen MR) is 145 cm³/mol. The minimum atomic E-state index is -0.250. The molecule has 10 heteroatoms. The smallest absolute Gasteiger partial charge is 0.290 e. The van der Waals surface area contributed by atoms with E-state index in [0.717, 1.165) is 56.6 Å². The molecule has 0 amide bonds. The monoisotopic (exact) mass is 518 g/mol. The van der Waals surface area contributed by atoms with Crippen molar-refractivity contribution >= 4 is 24.2 Å². The Hall–Kier alpha value is -3.34. The Kier molecular flexibility index (Phi) is 14.7. The van der Waals surface area contributed by atoms with E-state index in [1.54, 1.807) is 7.11 Å². The normalized spacial score (nSPS) is 15.1. The summed E-state index contributed by atoms with van der Waals surface area (Å²) in [6.45, 7) is 4.73. The Bertz CT molecular complexity index is 996. The summed E-state index contributed by atoms with van der Waals surface area (Å²) in [5, 5.41) is 26.9. The third kappa shape index (κ3) is 10.3. The van der Waals surface area contributed by atoms with E-state index < -0.39 is 0 Å². The van der Waals surface area contributed by atoms with Crippen LogP contribution in [-0.4, -0.2) is 102 Å². The molecule has 1 saturated heterocycles. The number of piperidine rings is 1. The molecule has 37 heavy (non-hydrogen) atoms. The number of ether oxygens (including phenoxy) is 1. The standard InChI is InChI=1S/C14H20N2O2.C11H18N2O.CH2O2.CH2O/c1-15(2)7-6-11-9-16(10-17)14-8-12(18-3)4-5-13(11)14;1-12-6-2-3-10(9-12)13-7-4-11(14)5-8-13;2-1-3;1-2/h4-5,8-9,17H,6-7,10H2,1-3H3;2,6,9,11,14H,3-5,7-8H2,1H3;1H,(H,2,3);1H2. The van der Waals surface area contributed by atoms with Gasteiger partial charge in [-0.25, -0.2) is 0 Å². The zero-order chi connectivity index (χ0) is 27.8. The Labute approximate surface area is 219 Å². The maximum absolute atomic E-state index is 9.41. The summed E-state index contributed by atoms with van der Waals surface area (Å²) < 4.78 is 7.08. The lowest BCUT2D eigenvalue weighted by molar-refractivity contribution is -0.122. The Balaban J connectivity index is 0.000000322. The molecule has 0 unspecified atom stereocenters. The van der Waals surface area contributed by atoms with Gasteiger partial charge in [-0.2, -0.15) is 0 Å². The Morgan fingerprint density at radius 2 is 1.86 bits per heavy atom. The topological polar surface area (TPSA) is 119 Å². The molecule has 3 N–H and O–H groups in total. The van der Waals surface area contributed by atoms with E-state index in [9.17, 15) is 10.2 Å². The lowest BCUT2D eigenvalue weighted by Gasteiger charge is -2.34. The van der Waals surface area contributed by atoms with Crippen LogP contribution in [0.1, 0.15) is 24.8 Å². The van der Waals surface area contributed by atoms with Crippen LogP contribution in [0.3, 0.4) is 0 Å². The number of aromatic nitrogens is 1. The minimum absolute atomic E-state index is 0.00830. The molecule has 1 aromatic carbocycles. The van der Waals surface area contributed by atoms with Crippen molar-refractivity contribution in [2.75, 3.05) is 47.9 Å². The van der Waals surface area contributed by atoms with Crippen LogP contribution in [0, 0.1) is 0 Å². The van der Waals surface area contributed by atoms with Crippen LogP contribution in [0.15, 0.2) is 48.6 Å². The summed E-state index contributed by atoms with van der Waals surface area (Å²) in [6, 6.07) is 5.99. The van der Waals surface area contributed by atoms with Gasteiger partial charge in [-0.05, 0) is 57.3 Å². The van der Waals surface area contributed by atoms with Crippen LogP contribution in [0.25, 0.3) is 10.9 Å². The van der Waals surface area contributed by atoms with E-state index in [1.807, 2.05) is 29.7 Å². The van der Waals surface area contributed by atoms with E-state index in [4.69, 9.17) is 19.4 Å². The van der Waals surface area contributed by atoms with Crippen molar-refractivity contribution in [3.63, 3.8) is 0 Å². The summed E-state index contributed by atoms with van der Waals surface area (Å²) >= 11 is 0. The third-order valence-electron chi connectivity index (χ3n) is 6.04. The molecular formula is C27H42N4O6. The number of aliphatic hydroxyl groups is 2. The number of likely N-dealkylation sites (N-methyl/N-ethyl adjacent to an activating group) is 1. The number of carbonyl (C=O) groups excluding carboxylic acids is 1. The molecule has 2 aromatic rings. The molecule has 3 heterocycles. The zero-order valence-corrected chi connectivity index (χ0v) is 22.4. The van der Waals surface area contributed by atoms with Gasteiger partial charge in [-0.3, -0.25) is 4.79 Å². The highest BCUT2D eigenvalue weighted by Crippen LogP contribution is 2.26. The van der Waals surface area contributed by atoms with Gasteiger partial charge in [0.1, 0.15) is 19.3 Å². The number of benzene rings is 1. The predicted octanol–water partition coefficient (Wildman–Crippen LogP) is 2.35. The molecular weight excluding hydrogens is 476 g/mol. The summed E-state index contributed by atoms with van der Waals surface area (Å²) in [5.41, 5.74) is 3.66. The lowest BCUT2D eigenvalue weighted by Crippen LogP contribution is -2.36. The number of fused-ring (bicyclic) bond motifs is 1. The lowest BCUT2D eigenvalue weighted by atomic mass is 10.1. The van der Waals surface area contributed by atoms with E-state index in [0.29, 0.717) is 0 Å². The van der Waals surface area contributed by atoms with Crippen LogP contribution in [0.2, 0.25) is 0 Å². The van der Waals surface area contributed by atoms with Crippen molar-refractivity contribution in [1.29, 1.82) is 0 Å². The van der Waals surface area contributed by atoms with Crippen molar-refractivity contribution < 1.29 is 29.6 Å². The molecule has 10 nitrogen and oxygen atoms in total. The summed E-state index contributed by atoms with van der Waals surface area (Å²) in [7, 11) is 7.83. The van der Waals surface area contributed by atoms with Crippen LogP contribution in [-0.2, 0) is 22.7 Å². The fraction of sp³-hybridized carbons (Fsp3) is 0.481. The molecule has 2 aliphatic rings. The SMILES string of the molecule is C=O.CN1C=CCC(N2CCC(O)CC2)=C1.COc1ccc2c(CCN(C)C)cn(CO)c2c1.O=CO. The fourth-order valence-electron chi connectivity index (χ4n) is 4.17. The molecule has 0 spiro atoms. The largest absolute Gasteiger partial charge is 0.497 e. The van der Waals surface area contributed by atoms with Gasteiger partial charge in [0.05, 0.1) is 18.7 Å². The van der Waals surface area contributed by atoms with Crippen LogP contribution >= 0.6 is 0 Å². The minimum Gasteiger partial charge on any atom is -0.497 e. The van der Waals surface area contributed by atoms with Gasteiger partial charge in [0.2, 0.25) is 0 Å². The fourth-order valence-corrected chi connectivity index (χ4v) is 4.17. The number of carbonyl (C=O) groups is 2. The number of likely N-dealkylation sites (tertiary alicyclic amines) is 1. The van der Waals surface area contributed by atoms with Crippen molar-refractivity contribution in [1.82, 2.24) is 19.3 Å². The Morgan fingerprint density at radius 3 is 2.41 bits per heavy atom. The molecule has 0 bridgehead atoms. The number of hydrogen-bond acceptors (Lipinski definition) is 8. The van der Waals surface area contributed by atoms with Crippen molar-refractivity contribution in [2.45, 2.75) is 38.5 Å². The first-order valence-electron chi connectivity index (χ1n) is 12.1. The van der Waals surface area contributed by atoms with Crippen molar-refractivity contribution in [3.8, 4) is 5.75 Å². The molecule has 0 atom stereocenters. The van der Waals surface area contributed by atoms with E-state index in [2.05, 4.69) is 60.4 Å². The highest BCUT2D eigenvalue weighted by atomic mass is 16.5. The van der Waals surface area contributed by atoms with Gasteiger partial charge < -0.3 is 44.1 Å². The number of rotatable bonds is 6.